The summed E-state index contributed by atoms with van der Waals surface area (Å²) in [5.74, 6) is -0.173. The summed E-state index contributed by atoms with van der Waals surface area (Å²) in [5.41, 5.74) is -0.765. The lowest BCUT2D eigenvalue weighted by Gasteiger charge is -2.21. The van der Waals surface area contributed by atoms with Gasteiger partial charge in [-0.2, -0.15) is 0 Å². The third-order valence-electron chi connectivity index (χ3n) is 3.00. The predicted octanol–water partition coefficient (Wildman–Crippen LogP) is 1.86. The van der Waals surface area contributed by atoms with Crippen LogP contribution < -0.4 is 5.32 Å². The second-order valence-corrected chi connectivity index (χ2v) is 8.49. The van der Waals surface area contributed by atoms with Gasteiger partial charge >= 0.3 is 0 Å². The zero-order valence-corrected chi connectivity index (χ0v) is 12.7. The highest BCUT2D eigenvalue weighted by molar-refractivity contribution is 8.15. The summed E-state index contributed by atoms with van der Waals surface area (Å²) in [4.78, 5) is 12.7. The molecule has 1 aliphatic heterocycles. The van der Waals surface area contributed by atoms with Crippen LogP contribution in [0.3, 0.4) is 0 Å². The molecule has 1 fully saturated rings. The van der Waals surface area contributed by atoms with Gasteiger partial charge in [0.15, 0.2) is 0 Å². The van der Waals surface area contributed by atoms with Gasteiger partial charge in [0.25, 0.3) is 15.0 Å². The van der Waals surface area contributed by atoms with Gasteiger partial charge in [0.1, 0.15) is 9.81 Å². The first kappa shape index (κ1) is 14.8. The van der Waals surface area contributed by atoms with Gasteiger partial charge in [-0.25, -0.2) is 8.42 Å². The smallest absolute Gasteiger partial charge is 0.270 e. The van der Waals surface area contributed by atoms with Crippen molar-refractivity contribution < 1.29 is 17.9 Å². The van der Waals surface area contributed by atoms with E-state index in [0.717, 1.165) is 22.6 Å². The number of amides is 1. The number of ether oxygens (including phenoxy) is 1. The van der Waals surface area contributed by atoms with Gasteiger partial charge in [0.05, 0.1) is 6.54 Å². The van der Waals surface area contributed by atoms with Crippen molar-refractivity contribution in [1.82, 2.24) is 5.32 Å². The average Bonchev–Trinajstić information content (AvgIpc) is 2.94. The van der Waals surface area contributed by atoms with Gasteiger partial charge in [-0.3, -0.25) is 4.79 Å². The Bertz CT molecular complexity index is 575. The number of hydrogen-bond acceptors (Lipinski definition) is 5. The van der Waals surface area contributed by atoms with Crippen molar-refractivity contribution in [3.8, 4) is 0 Å². The summed E-state index contributed by atoms with van der Waals surface area (Å²) in [5, 5.41) is 2.75. The molecule has 106 valence electrons. The Labute approximate surface area is 120 Å². The van der Waals surface area contributed by atoms with Crippen molar-refractivity contribution >= 4 is 37.0 Å². The molecule has 0 spiro atoms. The van der Waals surface area contributed by atoms with Crippen molar-refractivity contribution in [3.63, 3.8) is 0 Å². The van der Waals surface area contributed by atoms with E-state index in [9.17, 15) is 13.2 Å². The van der Waals surface area contributed by atoms with E-state index in [1.807, 2.05) is 0 Å². The number of halogens is 1. The van der Waals surface area contributed by atoms with Crippen LogP contribution in [0, 0.1) is 0 Å². The van der Waals surface area contributed by atoms with Crippen molar-refractivity contribution in [1.29, 1.82) is 0 Å². The molecule has 1 unspecified atom stereocenters. The van der Waals surface area contributed by atoms with E-state index in [4.69, 9.17) is 15.4 Å². The molecule has 1 aromatic heterocycles. The standard InChI is InChI=1S/C11H14ClNO4S2/c1-11(5-2-6-17-11)10(14)13-7-8-3-4-9(18-8)19(12,15)16/h3-4H,2,5-7H2,1H3,(H,13,14). The normalized spacial score (nSPS) is 23.5. The molecular weight excluding hydrogens is 310 g/mol. The van der Waals surface area contributed by atoms with E-state index in [1.165, 1.54) is 6.07 Å². The fourth-order valence-electron chi connectivity index (χ4n) is 1.90. The van der Waals surface area contributed by atoms with Crippen LogP contribution >= 0.6 is 22.0 Å². The lowest BCUT2D eigenvalue weighted by Crippen LogP contribution is -2.43. The Balaban J connectivity index is 1.96. The van der Waals surface area contributed by atoms with Crippen LogP contribution in [-0.4, -0.2) is 26.5 Å². The molecule has 1 aliphatic rings. The molecule has 8 heteroatoms. The number of carbonyl (C=O) groups excluding carboxylic acids is 1. The Morgan fingerprint density at radius 2 is 2.32 bits per heavy atom. The molecule has 2 heterocycles. The Hall–Kier alpha value is -0.630. The van der Waals surface area contributed by atoms with Crippen LogP contribution in [0.1, 0.15) is 24.6 Å². The summed E-state index contributed by atoms with van der Waals surface area (Å²) in [6.07, 6.45) is 1.57. The van der Waals surface area contributed by atoms with Crippen molar-refractivity contribution in [3.05, 3.63) is 17.0 Å². The van der Waals surface area contributed by atoms with E-state index in [-0.39, 0.29) is 16.7 Å². The van der Waals surface area contributed by atoms with Gasteiger partial charge in [-0.15, -0.1) is 11.3 Å². The fourth-order valence-corrected chi connectivity index (χ4v) is 3.96. The predicted molar refractivity (Wildman–Crippen MR) is 72.8 cm³/mol. The van der Waals surface area contributed by atoms with E-state index >= 15 is 0 Å². The first-order valence-electron chi connectivity index (χ1n) is 5.77. The first-order valence-corrected chi connectivity index (χ1v) is 8.89. The van der Waals surface area contributed by atoms with Gasteiger partial charge in [-0.05, 0) is 31.9 Å². The SMILES string of the molecule is CC1(C(=O)NCc2ccc(S(=O)(=O)Cl)s2)CCCO1. The number of rotatable bonds is 4. The average molecular weight is 324 g/mol. The topological polar surface area (TPSA) is 72.5 Å². The van der Waals surface area contributed by atoms with E-state index in [2.05, 4.69) is 5.32 Å². The van der Waals surface area contributed by atoms with Crippen LogP contribution in [0.4, 0.5) is 0 Å². The lowest BCUT2D eigenvalue weighted by atomic mass is 10.0. The van der Waals surface area contributed by atoms with Gasteiger partial charge < -0.3 is 10.1 Å². The molecule has 1 aromatic rings. The summed E-state index contributed by atoms with van der Waals surface area (Å²) in [6, 6.07) is 3.07. The second-order valence-electron chi connectivity index (χ2n) is 4.52. The maximum absolute atomic E-state index is 12.0. The zero-order valence-electron chi connectivity index (χ0n) is 10.3. The molecule has 2 rings (SSSR count). The highest BCUT2D eigenvalue weighted by Crippen LogP contribution is 2.27. The summed E-state index contributed by atoms with van der Waals surface area (Å²) in [6.45, 7) is 2.63. The Morgan fingerprint density at radius 3 is 2.84 bits per heavy atom. The van der Waals surface area contributed by atoms with Crippen LogP contribution in [0.5, 0.6) is 0 Å². The zero-order chi connectivity index (χ0) is 14.1. The molecule has 19 heavy (non-hydrogen) atoms. The maximum atomic E-state index is 12.0. The fraction of sp³-hybridized carbons (Fsp3) is 0.545. The van der Waals surface area contributed by atoms with Crippen LogP contribution in [0.25, 0.3) is 0 Å². The lowest BCUT2D eigenvalue weighted by molar-refractivity contribution is -0.139. The highest BCUT2D eigenvalue weighted by atomic mass is 35.7. The second kappa shape index (κ2) is 5.40. The molecular formula is C11H14ClNO4S2. The van der Waals surface area contributed by atoms with Crippen molar-refractivity contribution in [2.75, 3.05) is 6.61 Å². The van der Waals surface area contributed by atoms with Crippen molar-refractivity contribution in [2.24, 2.45) is 0 Å². The van der Waals surface area contributed by atoms with Crippen molar-refractivity contribution in [2.45, 2.75) is 36.1 Å². The molecule has 1 N–H and O–H groups in total. The number of nitrogens with one attached hydrogen (secondary N) is 1. The summed E-state index contributed by atoms with van der Waals surface area (Å²) < 4.78 is 27.7. The maximum Gasteiger partial charge on any atom is 0.270 e. The first-order chi connectivity index (χ1) is 8.81. The van der Waals surface area contributed by atoms with Crippen LogP contribution in [0.2, 0.25) is 0 Å². The molecule has 1 saturated heterocycles. The Morgan fingerprint density at radius 1 is 1.58 bits per heavy atom. The minimum absolute atomic E-state index is 0.0849. The molecule has 0 bridgehead atoms. The number of carbonyl (C=O) groups is 1. The van der Waals surface area contributed by atoms with E-state index in [0.29, 0.717) is 13.0 Å². The van der Waals surface area contributed by atoms with Crippen LogP contribution in [0.15, 0.2) is 16.3 Å². The molecule has 1 atom stereocenters. The molecule has 0 aliphatic carbocycles. The quantitative estimate of drug-likeness (QED) is 0.858. The minimum Gasteiger partial charge on any atom is -0.365 e. The number of hydrogen-bond donors (Lipinski definition) is 1. The highest BCUT2D eigenvalue weighted by Gasteiger charge is 2.37. The summed E-state index contributed by atoms with van der Waals surface area (Å²) >= 11 is 1.05. The molecule has 5 nitrogen and oxygen atoms in total. The molecule has 0 aromatic carbocycles. The third-order valence-corrected chi connectivity index (χ3v) is 6.18. The van der Waals surface area contributed by atoms with E-state index in [1.54, 1.807) is 13.0 Å². The Kier molecular flexibility index (Phi) is 4.20. The monoisotopic (exact) mass is 323 g/mol. The molecule has 1 amide bonds. The van der Waals surface area contributed by atoms with E-state index < -0.39 is 14.7 Å². The van der Waals surface area contributed by atoms with Gasteiger partial charge in [0, 0.05) is 22.2 Å². The van der Waals surface area contributed by atoms with Gasteiger partial charge in [0.2, 0.25) is 0 Å². The third kappa shape index (κ3) is 3.47. The number of thiophene rings is 1. The van der Waals surface area contributed by atoms with Crippen LogP contribution in [-0.2, 0) is 25.1 Å². The largest absolute Gasteiger partial charge is 0.365 e. The molecule has 0 radical (unpaired) electrons. The summed E-state index contributed by atoms with van der Waals surface area (Å²) in [7, 11) is 1.54. The molecule has 0 saturated carbocycles. The van der Waals surface area contributed by atoms with Gasteiger partial charge in [-0.1, -0.05) is 0 Å². The minimum atomic E-state index is -3.69.